The Labute approximate surface area is 156 Å². The highest BCUT2D eigenvalue weighted by Gasteiger charge is 2.38. The number of halogens is 1. The fraction of sp³-hybridized carbons (Fsp3) is 0.105. The lowest BCUT2D eigenvalue weighted by Crippen LogP contribution is -2.27. The molecule has 0 saturated heterocycles. The van der Waals surface area contributed by atoms with Crippen molar-refractivity contribution in [1.82, 2.24) is 4.41 Å². The number of rotatable bonds is 4. The van der Waals surface area contributed by atoms with Crippen molar-refractivity contribution in [1.29, 1.82) is 0 Å². The van der Waals surface area contributed by atoms with Gasteiger partial charge in [-0.2, -0.15) is 17.9 Å². The van der Waals surface area contributed by atoms with Crippen LogP contribution in [0.5, 0.6) is 0 Å². The van der Waals surface area contributed by atoms with Crippen LogP contribution in [0.25, 0.3) is 0 Å². The predicted octanol–water partition coefficient (Wildman–Crippen LogP) is 4.47. The summed E-state index contributed by atoms with van der Waals surface area (Å²) in [5, 5.41) is 4.94. The molecule has 3 aromatic rings. The Bertz CT molecular complexity index is 1050. The van der Waals surface area contributed by atoms with Crippen LogP contribution in [0, 0.1) is 0 Å². The molecule has 1 aliphatic rings. The second kappa shape index (κ2) is 6.63. The quantitative estimate of drug-likeness (QED) is 0.664. The van der Waals surface area contributed by atoms with Crippen molar-refractivity contribution < 1.29 is 12.8 Å². The molecule has 1 aliphatic heterocycles. The van der Waals surface area contributed by atoms with Crippen molar-refractivity contribution in [2.75, 3.05) is 0 Å². The monoisotopic (exact) mass is 386 g/mol. The minimum atomic E-state index is -3.81. The molecule has 5 nitrogen and oxygen atoms in total. The van der Waals surface area contributed by atoms with Crippen molar-refractivity contribution in [2.24, 2.45) is 5.10 Å². The molecule has 0 amide bonds. The van der Waals surface area contributed by atoms with E-state index in [2.05, 4.69) is 5.10 Å². The summed E-state index contributed by atoms with van der Waals surface area (Å²) in [5.74, 6) is 0.558. The van der Waals surface area contributed by atoms with Crippen LogP contribution >= 0.6 is 11.6 Å². The van der Waals surface area contributed by atoms with Crippen LogP contribution < -0.4 is 0 Å². The summed E-state index contributed by atoms with van der Waals surface area (Å²) >= 11 is 6.11. The number of hydrazone groups is 1. The highest BCUT2D eigenvalue weighted by molar-refractivity contribution is 7.89. The first kappa shape index (κ1) is 16.9. The summed E-state index contributed by atoms with van der Waals surface area (Å²) in [4.78, 5) is 0.191. The number of hydrogen-bond donors (Lipinski definition) is 0. The molecular formula is C19H15ClN2O3S. The number of sulfonamides is 1. The molecule has 2 aromatic carbocycles. The fourth-order valence-corrected chi connectivity index (χ4v) is 4.62. The Morgan fingerprint density at radius 1 is 1.04 bits per heavy atom. The van der Waals surface area contributed by atoms with E-state index in [-0.39, 0.29) is 4.90 Å². The molecule has 7 heteroatoms. The van der Waals surface area contributed by atoms with Crippen LogP contribution in [-0.4, -0.2) is 18.5 Å². The molecule has 0 saturated carbocycles. The van der Waals surface area contributed by atoms with E-state index in [1.165, 1.54) is 0 Å². The van der Waals surface area contributed by atoms with Crippen molar-refractivity contribution in [2.45, 2.75) is 17.4 Å². The molecule has 4 rings (SSSR count). The lowest BCUT2D eigenvalue weighted by molar-refractivity contribution is 0.371. The van der Waals surface area contributed by atoms with E-state index in [1.54, 1.807) is 66.9 Å². The predicted molar refractivity (Wildman–Crippen MR) is 99.5 cm³/mol. The Balaban J connectivity index is 1.81. The summed E-state index contributed by atoms with van der Waals surface area (Å²) in [7, 11) is -3.81. The zero-order chi connectivity index (χ0) is 18.1. The largest absolute Gasteiger partial charge is 0.463 e. The molecule has 1 unspecified atom stereocenters. The molecular weight excluding hydrogens is 372 g/mol. The van der Waals surface area contributed by atoms with E-state index in [4.69, 9.17) is 16.0 Å². The van der Waals surface area contributed by atoms with Crippen LogP contribution in [0.4, 0.5) is 0 Å². The van der Waals surface area contributed by atoms with Crippen molar-refractivity contribution >= 4 is 27.3 Å². The standard InChI is InChI=1S/C19H15ClN2O3S/c20-15-7-4-6-14(12-15)18-13-17(19-10-5-11-25-19)21-22(18)26(23,24)16-8-2-1-3-9-16/h1-12,18H,13H2. The molecule has 2 heterocycles. The summed E-state index contributed by atoms with van der Waals surface area (Å²) in [6, 6.07) is 18.5. The highest BCUT2D eigenvalue weighted by atomic mass is 35.5. The first-order valence-corrected chi connectivity index (χ1v) is 9.84. The maximum absolute atomic E-state index is 13.2. The number of nitrogens with zero attached hydrogens (tertiary/aromatic N) is 2. The van der Waals surface area contributed by atoms with Gasteiger partial charge in [0.1, 0.15) is 11.5 Å². The van der Waals surface area contributed by atoms with E-state index in [9.17, 15) is 8.42 Å². The molecule has 26 heavy (non-hydrogen) atoms. The third kappa shape index (κ3) is 3.02. The molecule has 1 aromatic heterocycles. The van der Waals surface area contributed by atoms with Crippen molar-refractivity contribution in [3.8, 4) is 0 Å². The van der Waals surface area contributed by atoms with Gasteiger partial charge in [-0.05, 0) is 42.0 Å². The van der Waals surface area contributed by atoms with E-state index in [0.29, 0.717) is 22.9 Å². The lowest BCUT2D eigenvalue weighted by atomic mass is 10.0. The zero-order valence-corrected chi connectivity index (χ0v) is 15.2. The molecule has 1 atom stereocenters. The topological polar surface area (TPSA) is 62.9 Å². The highest BCUT2D eigenvalue weighted by Crippen LogP contribution is 2.37. The summed E-state index contributed by atoms with van der Waals surface area (Å²) in [5.41, 5.74) is 1.36. The van der Waals surface area contributed by atoms with E-state index >= 15 is 0 Å². The van der Waals surface area contributed by atoms with Gasteiger partial charge in [0, 0.05) is 11.4 Å². The van der Waals surface area contributed by atoms with E-state index in [0.717, 1.165) is 9.98 Å². The van der Waals surface area contributed by atoms with E-state index in [1.807, 2.05) is 6.07 Å². The van der Waals surface area contributed by atoms with Gasteiger partial charge in [-0.1, -0.05) is 41.9 Å². The SMILES string of the molecule is O=S(=O)(c1ccccc1)N1N=C(c2ccco2)CC1c1cccc(Cl)c1. The molecule has 0 radical (unpaired) electrons. The second-order valence-electron chi connectivity index (χ2n) is 5.89. The molecule has 0 fully saturated rings. The Kier molecular flexibility index (Phi) is 4.30. The zero-order valence-electron chi connectivity index (χ0n) is 13.6. The average molecular weight is 387 g/mol. The summed E-state index contributed by atoms with van der Waals surface area (Å²) in [6.07, 6.45) is 1.94. The molecule has 0 aliphatic carbocycles. The molecule has 0 N–H and O–H groups in total. The Morgan fingerprint density at radius 3 is 2.54 bits per heavy atom. The van der Waals surface area contributed by atoms with Gasteiger partial charge in [0.05, 0.1) is 17.2 Å². The lowest BCUT2D eigenvalue weighted by Gasteiger charge is -2.23. The molecule has 0 bridgehead atoms. The van der Waals surface area contributed by atoms with Gasteiger partial charge >= 0.3 is 0 Å². The average Bonchev–Trinajstić information content (AvgIpc) is 3.32. The maximum atomic E-state index is 13.2. The summed E-state index contributed by atoms with van der Waals surface area (Å²) in [6.45, 7) is 0. The molecule has 132 valence electrons. The fourth-order valence-electron chi connectivity index (χ4n) is 2.96. The van der Waals surface area contributed by atoms with Gasteiger partial charge in [-0.15, -0.1) is 0 Å². The van der Waals surface area contributed by atoms with Gasteiger partial charge < -0.3 is 4.42 Å². The Morgan fingerprint density at radius 2 is 1.85 bits per heavy atom. The number of furan rings is 1. The van der Waals surface area contributed by atoms with Gasteiger partial charge in [0.15, 0.2) is 0 Å². The van der Waals surface area contributed by atoms with E-state index < -0.39 is 16.1 Å². The first-order valence-electron chi connectivity index (χ1n) is 8.02. The van der Waals surface area contributed by atoms with Gasteiger partial charge in [0.2, 0.25) is 0 Å². The minimum Gasteiger partial charge on any atom is -0.463 e. The van der Waals surface area contributed by atoms with Gasteiger partial charge in [-0.3, -0.25) is 0 Å². The number of benzene rings is 2. The third-order valence-electron chi connectivity index (χ3n) is 4.20. The van der Waals surface area contributed by atoms with Crippen LogP contribution in [0.3, 0.4) is 0 Å². The first-order chi connectivity index (χ1) is 12.6. The van der Waals surface area contributed by atoms with Crippen molar-refractivity contribution in [3.05, 3.63) is 89.3 Å². The molecule has 0 spiro atoms. The van der Waals surface area contributed by atoms with Crippen LogP contribution in [0.1, 0.15) is 23.8 Å². The maximum Gasteiger partial charge on any atom is 0.279 e. The summed E-state index contributed by atoms with van der Waals surface area (Å²) < 4.78 is 32.9. The second-order valence-corrected chi connectivity index (χ2v) is 8.12. The van der Waals surface area contributed by atoms with Crippen LogP contribution in [-0.2, 0) is 10.0 Å². The van der Waals surface area contributed by atoms with Gasteiger partial charge in [0.25, 0.3) is 10.0 Å². The number of hydrogen-bond acceptors (Lipinski definition) is 4. The Hall–Kier alpha value is -2.57. The van der Waals surface area contributed by atoms with Crippen LogP contribution in [0.2, 0.25) is 5.02 Å². The van der Waals surface area contributed by atoms with Crippen LogP contribution in [0.15, 0.2) is 87.4 Å². The third-order valence-corrected chi connectivity index (χ3v) is 6.13. The normalized spacial score (nSPS) is 17.3. The van der Waals surface area contributed by atoms with Gasteiger partial charge in [-0.25, -0.2) is 0 Å². The minimum absolute atomic E-state index is 0.191. The smallest absolute Gasteiger partial charge is 0.279 e. The van der Waals surface area contributed by atoms with Crippen molar-refractivity contribution in [3.63, 3.8) is 0 Å².